The molecule has 2 aromatic carbocycles. The molecule has 6 heteroatoms. The Labute approximate surface area is 174 Å². The Balaban J connectivity index is 1.59. The molecule has 0 aliphatic carbocycles. The number of para-hydroxylation sites is 2. The van der Waals surface area contributed by atoms with Crippen molar-refractivity contribution in [3.05, 3.63) is 58.8 Å². The minimum atomic E-state index is 0.150. The molecule has 0 unspecified atom stereocenters. The van der Waals surface area contributed by atoms with Gasteiger partial charge in [0, 0.05) is 30.2 Å². The van der Waals surface area contributed by atoms with Gasteiger partial charge in [-0.1, -0.05) is 28.1 Å². The molecule has 0 radical (unpaired) electrons. The van der Waals surface area contributed by atoms with Crippen LogP contribution in [0.5, 0.6) is 0 Å². The molecule has 1 aromatic heterocycles. The van der Waals surface area contributed by atoms with E-state index in [0.717, 1.165) is 59.5 Å². The first-order valence-corrected chi connectivity index (χ1v) is 10.5. The van der Waals surface area contributed by atoms with Crippen molar-refractivity contribution in [2.75, 3.05) is 27.2 Å². The van der Waals surface area contributed by atoms with Crippen molar-refractivity contribution < 1.29 is 4.79 Å². The fraction of sp³-hybridized carbons (Fsp3) is 0.364. The minimum absolute atomic E-state index is 0.150. The quantitative estimate of drug-likeness (QED) is 0.613. The Hall–Kier alpha value is -2.18. The van der Waals surface area contributed by atoms with Crippen molar-refractivity contribution in [1.82, 2.24) is 19.4 Å². The number of hydrogen-bond donors (Lipinski definition) is 0. The number of imidazole rings is 1. The molecule has 4 rings (SSSR count). The minimum Gasteiger partial charge on any atom is -0.349 e. The molecule has 146 valence electrons. The summed E-state index contributed by atoms with van der Waals surface area (Å²) in [6.07, 6.45) is 1.82. The van der Waals surface area contributed by atoms with Gasteiger partial charge in [-0.15, -0.1) is 0 Å². The first kappa shape index (κ1) is 19.2. The van der Waals surface area contributed by atoms with Gasteiger partial charge in [0.25, 0.3) is 0 Å². The van der Waals surface area contributed by atoms with Gasteiger partial charge in [0.05, 0.1) is 17.6 Å². The van der Waals surface area contributed by atoms with E-state index < -0.39 is 0 Å². The highest BCUT2D eigenvalue weighted by Crippen LogP contribution is 2.26. The van der Waals surface area contributed by atoms with Crippen LogP contribution in [0.3, 0.4) is 0 Å². The monoisotopic (exact) mass is 440 g/mol. The molecule has 0 atom stereocenters. The van der Waals surface area contributed by atoms with Crippen LogP contribution in [0.1, 0.15) is 18.7 Å². The molecular weight excluding hydrogens is 416 g/mol. The highest BCUT2D eigenvalue weighted by molar-refractivity contribution is 9.10. The fourth-order valence-electron chi connectivity index (χ4n) is 3.96. The molecule has 0 bridgehead atoms. The lowest BCUT2D eigenvalue weighted by molar-refractivity contribution is -0.134. The molecule has 1 aliphatic heterocycles. The van der Waals surface area contributed by atoms with E-state index in [0.29, 0.717) is 0 Å². The molecule has 1 aliphatic rings. The van der Waals surface area contributed by atoms with E-state index in [1.54, 1.807) is 4.90 Å². The summed E-state index contributed by atoms with van der Waals surface area (Å²) in [6, 6.07) is 16.6. The smallest absolute Gasteiger partial charge is 0.225 e. The maximum Gasteiger partial charge on any atom is 0.225 e. The number of hydrogen-bond acceptors (Lipinski definition) is 3. The van der Waals surface area contributed by atoms with Crippen LogP contribution in [0.4, 0.5) is 0 Å². The number of likely N-dealkylation sites (tertiary alicyclic amines) is 1. The van der Waals surface area contributed by atoms with Gasteiger partial charge in [0.1, 0.15) is 5.82 Å². The van der Waals surface area contributed by atoms with E-state index >= 15 is 0 Å². The molecule has 0 N–H and O–H groups in total. The van der Waals surface area contributed by atoms with Crippen LogP contribution in [0.15, 0.2) is 53.0 Å². The lowest BCUT2D eigenvalue weighted by Crippen LogP contribution is -2.40. The van der Waals surface area contributed by atoms with Gasteiger partial charge in [-0.3, -0.25) is 14.3 Å². The first-order valence-electron chi connectivity index (χ1n) is 9.69. The summed E-state index contributed by atoms with van der Waals surface area (Å²) in [6.45, 7) is 2.63. The lowest BCUT2D eigenvalue weighted by atomic mass is 9.95. The predicted octanol–water partition coefficient (Wildman–Crippen LogP) is 4.09. The number of aromatic nitrogens is 2. The Kier molecular flexibility index (Phi) is 5.51. The van der Waals surface area contributed by atoms with Crippen molar-refractivity contribution in [1.29, 1.82) is 0 Å². The van der Waals surface area contributed by atoms with Crippen molar-refractivity contribution >= 4 is 32.9 Å². The van der Waals surface area contributed by atoms with Crippen LogP contribution >= 0.6 is 15.9 Å². The third-order valence-corrected chi connectivity index (χ3v) is 5.99. The Morgan fingerprint density at radius 2 is 1.79 bits per heavy atom. The number of halogens is 1. The van der Waals surface area contributed by atoms with Crippen molar-refractivity contribution in [2.45, 2.75) is 19.4 Å². The highest BCUT2D eigenvalue weighted by atomic mass is 79.9. The number of carbonyl (C=O) groups is 1. The van der Waals surface area contributed by atoms with Gasteiger partial charge in [0.15, 0.2) is 0 Å². The third-order valence-electron chi connectivity index (χ3n) is 5.46. The van der Waals surface area contributed by atoms with Gasteiger partial charge >= 0.3 is 0 Å². The Morgan fingerprint density at radius 1 is 1.11 bits per heavy atom. The molecule has 5 nitrogen and oxygen atoms in total. The Morgan fingerprint density at radius 3 is 2.46 bits per heavy atom. The van der Waals surface area contributed by atoms with Crippen LogP contribution in [0, 0.1) is 5.92 Å². The number of nitrogens with zero attached hydrogens (tertiary/aromatic N) is 4. The molecule has 28 heavy (non-hydrogen) atoms. The normalized spacial score (nSPS) is 15.8. The standard InChI is InChI=1S/C22H25BrN4O/c1-25(2)22(28)16-11-13-26(14-12-16)15-21-24-19-5-3-4-6-20(19)27(21)18-9-7-17(23)8-10-18/h3-10,16H,11-15H2,1-2H3. The number of piperidine rings is 1. The zero-order valence-corrected chi connectivity index (χ0v) is 17.9. The van der Waals surface area contributed by atoms with Gasteiger partial charge in [0.2, 0.25) is 5.91 Å². The van der Waals surface area contributed by atoms with Crippen LogP contribution in [0.2, 0.25) is 0 Å². The van der Waals surface area contributed by atoms with Gasteiger partial charge < -0.3 is 4.90 Å². The molecular formula is C22H25BrN4O. The summed E-state index contributed by atoms with van der Waals surface area (Å²) in [5.74, 6) is 1.44. The average molecular weight is 441 g/mol. The van der Waals surface area contributed by atoms with Gasteiger partial charge in [-0.05, 0) is 62.3 Å². The number of rotatable bonds is 4. The van der Waals surface area contributed by atoms with E-state index in [9.17, 15) is 4.79 Å². The van der Waals surface area contributed by atoms with Crippen molar-refractivity contribution in [3.8, 4) is 5.69 Å². The summed E-state index contributed by atoms with van der Waals surface area (Å²) in [5, 5.41) is 0. The molecule has 2 heterocycles. The first-order chi connectivity index (χ1) is 13.5. The number of fused-ring (bicyclic) bond motifs is 1. The Bertz CT molecular complexity index is 972. The maximum absolute atomic E-state index is 12.2. The predicted molar refractivity (Wildman–Crippen MR) is 115 cm³/mol. The van der Waals surface area contributed by atoms with Crippen LogP contribution < -0.4 is 0 Å². The van der Waals surface area contributed by atoms with Crippen LogP contribution in [0.25, 0.3) is 16.7 Å². The molecule has 1 fully saturated rings. The molecule has 0 saturated carbocycles. The topological polar surface area (TPSA) is 41.4 Å². The van der Waals surface area contributed by atoms with E-state index in [1.807, 2.05) is 20.2 Å². The molecule has 1 amide bonds. The largest absolute Gasteiger partial charge is 0.349 e. The summed E-state index contributed by atoms with van der Waals surface area (Å²) >= 11 is 3.52. The SMILES string of the molecule is CN(C)C(=O)C1CCN(Cc2nc3ccccc3n2-c2ccc(Br)cc2)CC1. The van der Waals surface area contributed by atoms with E-state index in [-0.39, 0.29) is 11.8 Å². The third kappa shape index (κ3) is 3.84. The fourth-order valence-corrected chi connectivity index (χ4v) is 4.23. The van der Waals surface area contributed by atoms with Gasteiger partial charge in [-0.25, -0.2) is 4.98 Å². The molecule has 0 spiro atoms. The summed E-state index contributed by atoms with van der Waals surface area (Å²) in [4.78, 5) is 21.3. The van der Waals surface area contributed by atoms with Gasteiger partial charge in [-0.2, -0.15) is 0 Å². The molecule has 1 saturated heterocycles. The van der Waals surface area contributed by atoms with Crippen molar-refractivity contribution in [3.63, 3.8) is 0 Å². The maximum atomic E-state index is 12.2. The van der Waals surface area contributed by atoms with Crippen LogP contribution in [-0.2, 0) is 11.3 Å². The van der Waals surface area contributed by atoms with E-state index in [1.165, 1.54) is 0 Å². The second kappa shape index (κ2) is 8.05. The second-order valence-corrected chi connectivity index (χ2v) is 8.53. The summed E-state index contributed by atoms with van der Waals surface area (Å²) in [7, 11) is 3.69. The average Bonchev–Trinajstić information content (AvgIpc) is 3.06. The van der Waals surface area contributed by atoms with Crippen molar-refractivity contribution in [2.24, 2.45) is 5.92 Å². The molecule has 3 aromatic rings. The summed E-state index contributed by atoms with van der Waals surface area (Å²) in [5.41, 5.74) is 3.25. The lowest BCUT2D eigenvalue weighted by Gasteiger charge is -2.32. The number of amides is 1. The van der Waals surface area contributed by atoms with E-state index in [2.05, 4.69) is 67.9 Å². The number of benzene rings is 2. The second-order valence-electron chi connectivity index (χ2n) is 7.61. The highest BCUT2D eigenvalue weighted by Gasteiger charge is 2.27. The summed E-state index contributed by atoms with van der Waals surface area (Å²) < 4.78 is 3.31. The zero-order chi connectivity index (χ0) is 19.7. The van der Waals surface area contributed by atoms with E-state index in [4.69, 9.17) is 4.98 Å². The van der Waals surface area contributed by atoms with Crippen LogP contribution in [-0.4, -0.2) is 52.4 Å². The zero-order valence-electron chi connectivity index (χ0n) is 16.3. The number of carbonyl (C=O) groups excluding carboxylic acids is 1.